The fourth-order valence-electron chi connectivity index (χ4n) is 2.97. The average Bonchev–Trinajstić information content (AvgIpc) is 2.72. The zero-order chi connectivity index (χ0) is 19.2. The molecule has 1 N–H and O–H groups in total. The van der Waals surface area contributed by atoms with Crippen LogP contribution in [0, 0.1) is 5.82 Å². The van der Waals surface area contributed by atoms with Gasteiger partial charge in [0.15, 0.2) is 0 Å². The molecule has 1 unspecified atom stereocenters. The molecule has 0 bridgehead atoms. The van der Waals surface area contributed by atoms with Crippen LogP contribution in [0.3, 0.4) is 0 Å². The standard InChI is InChI=1S/C20H21FN2O4/c1-26-19(24)16-8-7-15(11-17(16)21)18-12-23(10-9-22-18)20(25)27-13-14-5-3-2-4-6-14/h2-8,11,18,22H,9-10,12-13H2,1H3. The number of benzene rings is 2. The Morgan fingerprint density at radius 2 is 2.00 bits per heavy atom. The number of ether oxygens (including phenoxy) is 2. The number of esters is 1. The maximum absolute atomic E-state index is 14.2. The van der Waals surface area contributed by atoms with E-state index in [1.54, 1.807) is 11.0 Å². The van der Waals surface area contributed by atoms with Crippen LogP contribution in [0.5, 0.6) is 0 Å². The van der Waals surface area contributed by atoms with E-state index >= 15 is 0 Å². The van der Waals surface area contributed by atoms with Crippen molar-refractivity contribution < 1.29 is 23.5 Å². The normalized spacial score (nSPS) is 16.7. The molecule has 142 valence electrons. The molecular formula is C20H21FN2O4. The Morgan fingerprint density at radius 3 is 2.70 bits per heavy atom. The Hall–Kier alpha value is -2.93. The minimum absolute atomic E-state index is 0.115. The third-order valence-corrected chi connectivity index (χ3v) is 4.44. The van der Waals surface area contributed by atoms with Gasteiger partial charge in [-0.15, -0.1) is 0 Å². The zero-order valence-electron chi connectivity index (χ0n) is 15.0. The number of amides is 1. The first-order valence-electron chi connectivity index (χ1n) is 8.65. The first kappa shape index (κ1) is 18.8. The summed E-state index contributed by atoms with van der Waals surface area (Å²) in [5.41, 5.74) is 1.45. The Morgan fingerprint density at radius 1 is 1.22 bits per heavy atom. The number of hydrogen-bond donors (Lipinski definition) is 1. The van der Waals surface area contributed by atoms with E-state index in [9.17, 15) is 14.0 Å². The molecule has 0 radical (unpaired) electrons. The van der Waals surface area contributed by atoms with Crippen LogP contribution in [0.25, 0.3) is 0 Å². The SMILES string of the molecule is COC(=O)c1ccc(C2CN(C(=O)OCc3ccccc3)CCN2)cc1F. The quantitative estimate of drug-likeness (QED) is 0.836. The zero-order valence-corrected chi connectivity index (χ0v) is 15.0. The van der Waals surface area contributed by atoms with E-state index in [2.05, 4.69) is 10.1 Å². The van der Waals surface area contributed by atoms with Gasteiger partial charge in [0.25, 0.3) is 0 Å². The van der Waals surface area contributed by atoms with Crippen molar-refractivity contribution in [3.63, 3.8) is 0 Å². The molecule has 1 heterocycles. The number of rotatable bonds is 4. The fraction of sp³-hybridized carbons (Fsp3) is 0.300. The van der Waals surface area contributed by atoms with Crippen molar-refractivity contribution in [1.29, 1.82) is 0 Å². The highest BCUT2D eigenvalue weighted by Gasteiger charge is 2.26. The summed E-state index contributed by atoms with van der Waals surface area (Å²) in [6, 6.07) is 13.5. The fourth-order valence-corrected chi connectivity index (χ4v) is 2.97. The highest BCUT2D eigenvalue weighted by Crippen LogP contribution is 2.21. The Labute approximate surface area is 156 Å². The third kappa shape index (κ3) is 4.62. The van der Waals surface area contributed by atoms with Gasteiger partial charge in [0.05, 0.1) is 18.7 Å². The van der Waals surface area contributed by atoms with Crippen LogP contribution in [0.15, 0.2) is 48.5 Å². The summed E-state index contributed by atoms with van der Waals surface area (Å²) in [5, 5.41) is 3.25. The molecule has 1 saturated heterocycles. The second-order valence-electron chi connectivity index (χ2n) is 6.22. The van der Waals surface area contributed by atoms with E-state index in [-0.39, 0.29) is 18.2 Å². The molecule has 1 fully saturated rings. The lowest BCUT2D eigenvalue weighted by atomic mass is 10.0. The van der Waals surface area contributed by atoms with Crippen molar-refractivity contribution in [2.75, 3.05) is 26.7 Å². The molecule has 1 amide bonds. The highest BCUT2D eigenvalue weighted by molar-refractivity contribution is 5.89. The molecule has 0 spiro atoms. The van der Waals surface area contributed by atoms with Crippen LogP contribution in [-0.2, 0) is 16.1 Å². The number of piperazine rings is 1. The van der Waals surface area contributed by atoms with Crippen LogP contribution >= 0.6 is 0 Å². The van der Waals surface area contributed by atoms with Gasteiger partial charge in [0.1, 0.15) is 12.4 Å². The smallest absolute Gasteiger partial charge is 0.410 e. The van der Waals surface area contributed by atoms with Crippen LogP contribution in [0.1, 0.15) is 27.5 Å². The maximum Gasteiger partial charge on any atom is 0.410 e. The molecular weight excluding hydrogens is 351 g/mol. The molecule has 2 aromatic carbocycles. The molecule has 1 aliphatic heterocycles. The summed E-state index contributed by atoms with van der Waals surface area (Å²) in [6.07, 6.45) is -0.406. The van der Waals surface area contributed by atoms with Gasteiger partial charge < -0.3 is 19.7 Å². The van der Waals surface area contributed by atoms with Crippen molar-refractivity contribution >= 4 is 12.1 Å². The number of carbonyl (C=O) groups excluding carboxylic acids is 2. The highest BCUT2D eigenvalue weighted by atomic mass is 19.1. The maximum atomic E-state index is 14.2. The number of methoxy groups -OCH3 is 1. The molecule has 27 heavy (non-hydrogen) atoms. The number of halogens is 1. The minimum atomic E-state index is -0.721. The minimum Gasteiger partial charge on any atom is -0.465 e. The van der Waals surface area contributed by atoms with Gasteiger partial charge in [0.2, 0.25) is 0 Å². The van der Waals surface area contributed by atoms with Crippen LogP contribution in [0.4, 0.5) is 9.18 Å². The molecule has 1 aliphatic rings. The predicted octanol–water partition coefficient (Wildman–Crippen LogP) is 2.90. The summed E-state index contributed by atoms with van der Waals surface area (Å²) in [5.74, 6) is -1.37. The van der Waals surface area contributed by atoms with Gasteiger partial charge in [-0.3, -0.25) is 0 Å². The predicted molar refractivity (Wildman–Crippen MR) is 96.7 cm³/mol. The third-order valence-electron chi connectivity index (χ3n) is 4.44. The van der Waals surface area contributed by atoms with Gasteiger partial charge in [-0.05, 0) is 23.3 Å². The van der Waals surface area contributed by atoms with Crippen LogP contribution in [0.2, 0.25) is 0 Å². The summed E-state index contributed by atoms with van der Waals surface area (Å²) in [4.78, 5) is 25.4. The van der Waals surface area contributed by atoms with E-state index < -0.39 is 17.9 Å². The van der Waals surface area contributed by atoms with Crippen molar-refractivity contribution in [1.82, 2.24) is 10.2 Å². The Balaban J connectivity index is 1.62. The lowest BCUT2D eigenvalue weighted by molar-refractivity contribution is 0.0595. The molecule has 0 aliphatic carbocycles. The molecule has 6 nitrogen and oxygen atoms in total. The first-order valence-corrected chi connectivity index (χ1v) is 8.65. The largest absolute Gasteiger partial charge is 0.465 e. The topological polar surface area (TPSA) is 67.9 Å². The van der Waals surface area contributed by atoms with E-state index in [1.807, 2.05) is 30.3 Å². The monoisotopic (exact) mass is 372 g/mol. The second kappa shape index (κ2) is 8.64. The van der Waals surface area contributed by atoms with Crippen molar-refractivity contribution in [2.24, 2.45) is 0 Å². The summed E-state index contributed by atoms with van der Waals surface area (Å²) in [7, 11) is 1.21. The lowest BCUT2D eigenvalue weighted by Crippen LogP contribution is -2.48. The molecule has 7 heteroatoms. The first-order chi connectivity index (χ1) is 13.1. The summed E-state index contributed by atoms with van der Waals surface area (Å²) >= 11 is 0. The number of nitrogens with one attached hydrogen (secondary N) is 1. The van der Waals surface area contributed by atoms with E-state index in [1.165, 1.54) is 19.2 Å². The van der Waals surface area contributed by atoms with Crippen molar-refractivity contribution in [3.05, 3.63) is 71.0 Å². The Bertz CT molecular complexity index is 813. The summed E-state index contributed by atoms with van der Waals surface area (Å²) in [6.45, 7) is 1.62. The summed E-state index contributed by atoms with van der Waals surface area (Å²) < 4.78 is 24.1. The Kier molecular flexibility index (Phi) is 6.03. The number of nitrogens with zero attached hydrogens (tertiary/aromatic N) is 1. The van der Waals surface area contributed by atoms with Gasteiger partial charge in [0, 0.05) is 19.6 Å². The van der Waals surface area contributed by atoms with Gasteiger partial charge >= 0.3 is 12.1 Å². The molecule has 3 rings (SSSR count). The van der Waals surface area contributed by atoms with Gasteiger partial charge in [-0.1, -0.05) is 36.4 Å². The molecule has 0 saturated carbocycles. The second-order valence-corrected chi connectivity index (χ2v) is 6.22. The van der Waals surface area contributed by atoms with Crippen molar-refractivity contribution in [2.45, 2.75) is 12.6 Å². The van der Waals surface area contributed by atoms with E-state index in [0.29, 0.717) is 25.2 Å². The molecule has 2 aromatic rings. The molecule has 0 aromatic heterocycles. The number of carbonyl (C=O) groups is 2. The van der Waals surface area contributed by atoms with Crippen LogP contribution < -0.4 is 5.32 Å². The van der Waals surface area contributed by atoms with Crippen molar-refractivity contribution in [3.8, 4) is 0 Å². The van der Waals surface area contributed by atoms with Crippen LogP contribution in [-0.4, -0.2) is 43.7 Å². The number of hydrogen-bond acceptors (Lipinski definition) is 5. The average molecular weight is 372 g/mol. The van der Waals surface area contributed by atoms with E-state index in [0.717, 1.165) is 5.56 Å². The van der Waals surface area contributed by atoms with E-state index in [4.69, 9.17) is 4.74 Å². The van der Waals surface area contributed by atoms with Gasteiger partial charge in [-0.25, -0.2) is 14.0 Å². The molecule has 1 atom stereocenters. The lowest BCUT2D eigenvalue weighted by Gasteiger charge is -2.33. The van der Waals surface area contributed by atoms with Gasteiger partial charge in [-0.2, -0.15) is 0 Å².